The molecule has 13 heavy (non-hydrogen) atoms. The zero-order valence-corrected chi connectivity index (χ0v) is 8.29. The fourth-order valence-corrected chi connectivity index (χ4v) is 0. The highest BCUT2D eigenvalue weighted by Gasteiger charge is 1.66. The van der Waals surface area contributed by atoms with Gasteiger partial charge in [0.05, 0.1) is 0 Å². The zero-order valence-electron chi connectivity index (χ0n) is 7.47. The molecule has 3 N–H and O–H groups in total. The van der Waals surface area contributed by atoms with Gasteiger partial charge in [-0.25, -0.2) is 0 Å². The van der Waals surface area contributed by atoms with Crippen LogP contribution in [0, 0.1) is 0 Å². The minimum Gasteiger partial charge on any atom is -0.481 e. The number of hydrogen-bond acceptors (Lipinski definition) is 3. The summed E-state index contributed by atoms with van der Waals surface area (Å²) < 4.78 is 0. The predicted octanol–water partition coefficient (Wildman–Crippen LogP) is 0.694. The van der Waals surface area contributed by atoms with E-state index >= 15 is 0 Å². The van der Waals surface area contributed by atoms with Gasteiger partial charge < -0.3 is 15.3 Å². The van der Waals surface area contributed by atoms with Crippen LogP contribution in [0.1, 0.15) is 20.8 Å². The smallest absolute Gasteiger partial charge is 0.300 e. The van der Waals surface area contributed by atoms with Gasteiger partial charge >= 0.3 is 0 Å². The second kappa shape index (κ2) is 17.0. The summed E-state index contributed by atoms with van der Waals surface area (Å²) >= 11 is 0. The van der Waals surface area contributed by atoms with Crippen molar-refractivity contribution in [2.45, 2.75) is 20.8 Å². The molecule has 0 aromatic heterocycles. The first-order valence-corrected chi connectivity index (χ1v) is 2.78. The van der Waals surface area contributed by atoms with Crippen LogP contribution in [0.25, 0.3) is 0 Å². The van der Waals surface area contributed by atoms with Crippen LogP contribution in [0.15, 0.2) is 0 Å². The number of halogens is 1. The fraction of sp³-hybridized carbons (Fsp3) is 0.500. The van der Waals surface area contributed by atoms with Gasteiger partial charge in [-0.2, -0.15) is 0 Å². The highest BCUT2D eigenvalue weighted by atomic mass is 35.5. The third-order valence-electron chi connectivity index (χ3n) is 0. The standard InChI is InChI=1S/3C2H4O2.ClH/c3*1-2(3)4;/h3*1H3,(H,3,4);1H. The topological polar surface area (TPSA) is 112 Å². The lowest BCUT2D eigenvalue weighted by Gasteiger charge is -1.59. The van der Waals surface area contributed by atoms with Gasteiger partial charge in [0.15, 0.2) is 0 Å². The molecule has 0 radical (unpaired) electrons. The van der Waals surface area contributed by atoms with Gasteiger partial charge in [-0.05, 0) is 0 Å². The Labute approximate surface area is 81.6 Å². The second-order valence-corrected chi connectivity index (χ2v) is 1.56. The van der Waals surface area contributed by atoms with Crippen molar-refractivity contribution >= 4 is 30.3 Å². The third kappa shape index (κ3) is 479. The maximum absolute atomic E-state index is 9.00. The van der Waals surface area contributed by atoms with Gasteiger partial charge in [-0.15, -0.1) is 12.4 Å². The number of aliphatic carboxylic acids is 3. The molecule has 0 amide bonds. The predicted molar refractivity (Wildman–Crippen MR) is 47.2 cm³/mol. The molecule has 0 aliphatic carbocycles. The quantitative estimate of drug-likeness (QED) is 0.549. The summed E-state index contributed by atoms with van der Waals surface area (Å²) in [5.74, 6) is -2.50. The van der Waals surface area contributed by atoms with Crippen molar-refractivity contribution in [3.63, 3.8) is 0 Å². The third-order valence-corrected chi connectivity index (χ3v) is 0. The molecule has 0 aromatic carbocycles. The van der Waals surface area contributed by atoms with E-state index in [1.54, 1.807) is 0 Å². The molecule has 0 bridgehead atoms. The highest BCUT2D eigenvalue weighted by molar-refractivity contribution is 5.85. The molecule has 0 rings (SSSR count). The molecule has 6 nitrogen and oxygen atoms in total. The molecule has 0 saturated heterocycles. The van der Waals surface area contributed by atoms with Crippen molar-refractivity contribution in [3.05, 3.63) is 0 Å². The van der Waals surface area contributed by atoms with Crippen LogP contribution in [-0.4, -0.2) is 33.2 Å². The van der Waals surface area contributed by atoms with Gasteiger partial charge in [0.2, 0.25) is 0 Å². The lowest BCUT2D eigenvalue weighted by atomic mass is 10.9. The van der Waals surface area contributed by atoms with E-state index in [0.29, 0.717) is 0 Å². The molecule has 0 aromatic rings. The molecular weight excluding hydrogens is 204 g/mol. The Bertz CT molecular complexity index is 115. The average molecular weight is 217 g/mol. The van der Waals surface area contributed by atoms with Crippen LogP contribution < -0.4 is 0 Å². The van der Waals surface area contributed by atoms with E-state index < -0.39 is 17.9 Å². The molecular formula is C6H13ClO6. The highest BCUT2D eigenvalue weighted by Crippen LogP contribution is 1.42. The summed E-state index contributed by atoms with van der Waals surface area (Å²) in [6, 6.07) is 0. The summed E-state index contributed by atoms with van der Waals surface area (Å²) in [6.07, 6.45) is 0. The van der Waals surface area contributed by atoms with Crippen molar-refractivity contribution in [1.29, 1.82) is 0 Å². The van der Waals surface area contributed by atoms with Gasteiger partial charge in [0.1, 0.15) is 0 Å². The van der Waals surface area contributed by atoms with Crippen molar-refractivity contribution in [2.75, 3.05) is 0 Å². The first-order valence-electron chi connectivity index (χ1n) is 2.78. The van der Waals surface area contributed by atoms with Gasteiger partial charge in [-0.1, -0.05) is 0 Å². The van der Waals surface area contributed by atoms with E-state index in [9.17, 15) is 0 Å². The second-order valence-electron chi connectivity index (χ2n) is 1.56. The Morgan fingerprint density at radius 1 is 0.692 bits per heavy atom. The minimum atomic E-state index is -0.833. The molecule has 0 unspecified atom stereocenters. The van der Waals surface area contributed by atoms with Gasteiger partial charge in [0.25, 0.3) is 17.9 Å². The Kier molecular flexibility index (Phi) is 29.5. The van der Waals surface area contributed by atoms with Crippen LogP contribution in [0.2, 0.25) is 0 Å². The van der Waals surface area contributed by atoms with Crippen LogP contribution in [0.5, 0.6) is 0 Å². The number of hydrogen-bond donors (Lipinski definition) is 3. The number of rotatable bonds is 0. The summed E-state index contributed by atoms with van der Waals surface area (Å²) in [6.45, 7) is 3.25. The largest absolute Gasteiger partial charge is 0.481 e. The van der Waals surface area contributed by atoms with Gasteiger partial charge in [0, 0.05) is 20.8 Å². The summed E-state index contributed by atoms with van der Waals surface area (Å²) in [5, 5.41) is 22.2. The Balaban J connectivity index is -0.0000000450. The van der Waals surface area contributed by atoms with Crippen LogP contribution in [-0.2, 0) is 14.4 Å². The van der Waals surface area contributed by atoms with E-state index in [1.165, 1.54) is 0 Å². The maximum Gasteiger partial charge on any atom is 0.300 e. The molecule has 0 atom stereocenters. The van der Waals surface area contributed by atoms with Crippen LogP contribution >= 0.6 is 12.4 Å². The van der Waals surface area contributed by atoms with E-state index in [-0.39, 0.29) is 12.4 Å². The Hall–Kier alpha value is -1.30. The molecule has 0 fully saturated rings. The van der Waals surface area contributed by atoms with Crippen molar-refractivity contribution in [3.8, 4) is 0 Å². The monoisotopic (exact) mass is 216 g/mol. The first-order chi connectivity index (χ1) is 5.20. The zero-order chi connectivity index (χ0) is 10.7. The van der Waals surface area contributed by atoms with Crippen LogP contribution in [0.3, 0.4) is 0 Å². The molecule has 0 heterocycles. The maximum atomic E-state index is 9.00. The molecule has 7 heteroatoms. The summed E-state index contributed by atoms with van der Waals surface area (Å²) in [7, 11) is 0. The number of carboxylic acids is 3. The van der Waals surface area contributed by atoms with Crippen molar-refractivity contribution in [2.24, 2.45) is 0 Å². The molecule has 0 saturated carbocycles. The molecule has 80 valence electrons. The van der Waals surface area contributed by atoms with Crippen LogP contribution in [0.4, 0.5) is 0 Å². The molecule has 0 spiro atoms. The molecule has 0 aliphatic rings. The number of carbonyl (C=O) groups is 3. The van der Waals surface area contributed by atoms with Crippen molar-refractivity contribution in [1.82, 2.24) is 0 Å². The van der Waals surface area contributed by atoms with E-state index in [4.69, 9.17) is 29.7 Å². The van der Waals surface area contributed by atoms with E-state index in [1.807, 2.05) is 0 Å². The molecule has 0 aliphatic heterocycles. The Morgan fingerprint density at radius 3 is 0.692 bits per heavy atom. The SMILES string of the molecule is CC(=O)O.CC(=O)O.CC(=O)O.Cl. The normalized spacial score (nSPS) is 5.77. The van der Waals surface area contributed by atoms with E-state index in [0.717, 1.165) is 20.8 Å². The Morgan fingerprint density at radius 2 is 0.692 bits per heavy atom. The van der Waals surface area contributed by atoms with E-state index in [2.05, 4.69) is 0 Å². The number of carboxylic acid groups (broad SMARTS) is 3. The fourth-order valence-electron chi connectivity index (χ4n) is 0. The van der Waals surface area contributed by atoms with Crippen molar-refractivity contribution < 1.29 is 29.7 Å². The first kappa shape index (κ1) is 22.6. The average Bonchev–Trinajstić information content (AvgIpc) is 1.54. The minimum absolute atomic E-state index is 0. The summed E-state index contributed by atoms with van der Waals surface area (Å²) in [4.78, 5) is 27.0. The van der Waals surface area contributed by atoms with Gasteiger partial charge in [-0.3, -0.25) is 14.4 Å². The summed E-state index contributed by atoms with van der Waals surface area (Å²) in [5.41, 5.74) is 0. The lowest BCUT2D eigenvalue weighted by molar-refractivity contribution is -0.135. The lowest BCUT2D eigenvalue weighted by Crippen LogP contribution is -1.78.